The Labute approximate surface area is 69.1 Å². The van der Waals surface area contributed by atoms with Crippen molar-refractivity contribution in [2.75, 3.05) is 13.2 Å². The van der Waals surface area contributed by atoms with Gasteiger partial charge in [0.15, 0.2) is 0 Å². The first kappa shape index (κ1) is 12.9. The highest BCUT2D eigenvalue weighted by Crippen LogP contribution is 1.87. The van der Waals surface area contributed by atoms with Gasteiger partial charge in [0, 0.05) is 6.54 Å². The lowest BCUT2D eigenvalue weighted by Gasteiger charge is -2.02. The van der Waals surface area contributed by atoms with Crippen molar-refractivity contribution < 1.29 is 9.53 Å². The van der Waals surface area contributed by atoms with E-state index < -0.39 is 0 Å². The maximum absolute atomic E-state index is 10.6. The van der Waals surface area contributed by atoms with Gasteiger partial charge in [0.2, 0.25) is 0 Å². The van der Waals surface area contributed by atoms with E-state index in [9.17, 15) is 4.79 Å². The fraction of sp³-hybridized carbons (Fsp3) is 0.875. The second-order valence-corrected chi connectivity index (χ2v) is 2.02. The number of hydrogen-bond donors (Lipinski definition) is 1. The van der Waals surface area contributed by atoms with E-state index in [1.165, 1.54) is 0 Å². The summed E-state index contributed by atoms with van der Waals surface area (Å²) in [4.78, 5) is 10.6. The number of nitrogens with one attached hydrogen (secondary N) is 1. The Morgan fingerprint density at radius 3 is 2.55 bits per heavy atom. The fourth-order valence-electron chi connectivity index (χ4n) is 0.505. The van der Waals surface area contributed by atoms with Crippen LogP contribution in [-0.2, 0) is 4.74 Å². The lowest BCUT2D eigenvalue weighted by Crippen LogP contribution is -2.23. The highest BCUT2D eigenvalue weighted by atomic mass is 16.5. The molecule has 0 aliphatic rings. The van der Waals surface area contributed by atoms with Gasteiger partial charge in [-0.05, 0) is 13.3 Å². The summed E-state index contributed by atoms with van der Waals surface area (Å²) in [6.07, 6.45) is 1.69. The summed E-state index contributed by atoms with van der Waals surface area (Å²) in [7, 11) is 0. The SMILES string of the molecule is C.CCCCOC(=O)NCC. The number of hydrogen-bond acceptors (Lipinski definition) is 2. The van der Waals surface area contributed by atoms with Crippen LogP contribution in [0.25, 0.3) is 0 Å². The van der Waals surface area contributed by atoms with Crippen molar-refractivity contribution in [1.29, 1.82) is 0 Å². The normalized spacial score (nSPS) is 8.18. The molecule has 0 heterocycles. The number of carbonyl (C=O) groups excluding carboxylic acids is 1. The molecular weight excluding hydrogens is 142 g/mol. The molecule has 0 spiro atoms. The van der Waals surface area contributed by atoms with Crippen LogP contribution in [-0.4, -0.2) is 19.2 Å². The summed E-state index contributed by atoms with van der Waals surface area (Å²) in [6, 6.07) is 0. The molecule has 3 nitrogen and oxygen atoms in total. The summed E-state index contributed by atoms with van der Waals surface area (Å²) in [6.45, 7) is 5.08. The molecule has 1 amide bonds. The zero-order chi connectivity index (χ0) is 7.82. The number of unbranched alkanes of at least 4 members (excludes halogenated alkanes) is 1. The maximum atomic E-state index is 10.6. The van der Waals surface area contributed by atoms with Crippen LogP contribution in [0.4, 0.5) is 4.79 Å². The molecule has 0 saturated carbocycles. The largest absolute Gasteiger partial charge is 0.450 e. The summed E-state index contributed by atoms with van der Waals surface area (Å²) in [5.41, 5.74) is 0. The number of amides is 1. The van der Waals surface area contributed by atoms with Gasteiger partial charge in [0.05, 0.1) is 6.61 Å². The highest BCUT2D eigenvalue weighted by molar-refractivity contribution is 5.66. The molecule has 0 unspecified atom stereocenters. The summed E-state index contributed by atoms with van der Waals surface area (Å²) in [5, 5.41) is 2.54. The van der Waals surface area contributed by atoms with Crippen LogP contribution in [0.15, 0.2) is 0 Å². The zero-order valence-corrected chi connectivity index (χ0v) is 6.64. The molecule has 0 radical (unpaired) electrons. The van der Waals surface area contributed by atoms with Gasteiger partial charge < -0.3 is 10.1 Å². The lowest BCUT2D eigenvalue weighted by atomic mass is 10.4. The highest BCUT2D eigenvalue weighted by Gasteiger charge is 1.95. The first-order valence-electron chi connectivity index (χ1n) is 3.71. The van der Waals surface area contributed by atoms with Gasteiger partial charge in [0.1, 0.15) is 0 Å². The van der Waals surface area contributed by atoms with E-state index in [-0.39, 0.29) is 13.5 Å². The Morgan fingerprint density at radius 2 is 2.09 bits per heavy atom. The number of rotatable bonds is 4. The third-order valence-corrected chi connectivity index (χ3v) is 1.05. The molecular formula is C8H19NO2. The number of carbonyl (C=O) groups is 1. The van der Waals surface area contributed by atoms with Crippen LogP contribution in [0.5, 0.6) is 0 Å². The van der Waals surface area contributed by atoms with Crippen LogP contribution in [0.1, 0.15) is 34.1 Å². The van der Waals surface area contributed by atoms with E-state index in [1.54, 1.807) is 0 Å². The number of alkyl carbamates (subject to hydrolysis) is 1. The van der Waals surface area contributed by atoms with Gasteiger partial charge in [0.25, 0.3) is 0 Å². The molecule has 1 N–H and O–H groups in total. The Hall–Kier alpha value is -0.730. The lowest BCUT2D eigenvalue weighted by molar-refractivity contribution is 0.145. The Morgan fingerprint density at radius 1 is 1.45 bits per heavy atom. The average molecular weight is 161 g/mol. The standard InChI is InChI=1S/C7H15NO2.CH4/c1-3-5-6-10-7(9)8-4-2;/h3-6H2,1-2H3,(H,8,9);1H4. The minimum atomic E-state index is -0.309. The monoisotopic (exact) mass is 161 g/mol. The predicted octanol–water partition coefficient (Wildman–Crippen LogP) is 2.17. The fourth-order valence-corrected chi connectivity index (χ4v) is 0.505. The van der Waals surface area contributed by atoms with Gasteiger partial charge in [-0.1, -0.05) is 20.8 Å². The second kappa shape index (κ2) is 9.27. The molecule has 0 saturated heterocycles. The van der Waals surface area contributed by atoms with Crippen molar-refractivity contribution in [2.24, 2.45) is 0 Å². The Kier molecular flexibility index (Phi) is 10.9. The Bertz CT molecular complexity index is 94.1. The van der Waals surface area contributed by atoms with Crippen LogP contribution < -0.4 is 5.32 Å². The quantitative estimate of drug-likeness (QED) is 0.642. The predicted molar refractivity (Wildman–Crippen MR) is 46.7 cm³/mol. The van der Waals surface area contributed by atoms with Gasteiger partial charge in [-0.25, -0.2) is 4.79 Å². The third-order valence-electron chi connectivity index (χ3n) is 1.05. The average Bonchev–Trinajstić information content (AvgIpc) is 1.89. The topological polar surface area (TPSA) is 38.3 Å². The molecule has 0 aromatic carbocycles. The van der Waals surface area contributed by atoms with E-state index in [0.29, 0.717) is 13.2 Å². The van der Waals surface area contributed by atoms with Gasteiger partial charge in [-0.2, -0.15) is 0 Å². The smallest absolute Gasteiger partial charge is 0.407 e. The molecule has 0 aliphatic heterocycles. The molecule has 0 aromatic heterocycles. The molecule has 68 valence electrons. The van der Waals surface area contributed by atoms with Gasteiger partial charge in [-0.3, -0.25) is 0 Å². The van der Waals surface area contributed by atoms with E-state index >= 15 is 0 Å². The van der Waals surface area contributed by atoms with E-state index in [4.69, 9.17) is 4.74 Å². The molecule has 0 atom stereocenters. The van der Waals surface area contributed by atoms with Crippen molar-refractivity contribution in [3.05, 3.63) is 0 Å². The van der Waals surface area contributed by atoms with E-state index in [0.717, 1.165) is 12.8 Å². The van der Waals surface area contributed by atoms with Crippen LogP contribution in [0.3, 0.4) is 0 Å². The molecule has 0 rings (SSSR count). The zero-order valence-electron chi connectivity index (χ0n) is 6.64. The first-order chi connectivity index (χ1) is 4.81. The van der Waals surface area contributed by atoms with Crippen molar-refractivity contribution in [2.45, 2.75) is 34.1 Å². The van der Waals surface area contributed by atoms with Crippen molar-refractivity contribution >= 4 is 6.09 Å². The molecule has 0 aromatic rings. The van der Waals surface area contributed by atoms with E-state index in [1.807, 2.05) is 6.92 Å². The van der Waals surface area contributed by atoms with Crippen LogP contribution in [0.2, 0.25) is 0 Å². The summed E-state index contributed by atoms with van der Waals surface area (Å²) in [5.74, 6) is 0. The Balaban J connectivity index is 0. The van der Waals surface area contributed by atoms with Gasteiger partial charge >= 0.3 is 6.09 Å². The van der Waals surface area contributed by atoms with Gasteiger partial charge in [-0.15, -0.1) is 0 Å². The molecule has 3 heteroatoms. The van der Waals surface area contributed by atoms with Crippen molar-refractivity contribution in [3.8, 4) is 0 Å². The third kappa shape index (κ3) is 9.27. The molecule has 0 bridgehead atoms. The van der Waals surface area contributed by atoms with Crippen molar-refractivity contribution in [3.63, 3.8) is 0 Å². The van der Waals surface area contributed by atoms with Crippen LogP contribution >= 0.6 is 0 Å². The second-order valence-electron chi connectivity index (χ2n) is 2.02. The molecule has 11 heavy (non-hydrogen) atoms. The van der Waals surface area contributed by atoms with Crippen LogP contribution in [0, 0.1) is 0 Å². The van der Waals surface area contributed by atoms with E-state index in [2.05, 4.69) is 12.2 Å². The molecule has 0 fully saturated rings. The maximum Gasteiger partial charge on any atom is 0.407 e. The summed E-state index contributed by atoms with van der Waals surface area (Å²) < 4.78 is 4.77. The molecule has 0 aliphatic carbocycles. The minimum absolute atomic E-state index is 0. The van der Waals surface area contributed by atoms with Crippen molar-refractivity contribution in [1.82, 2.24) is 5.32 Å². The first-order valence-corrected chi connectivity index (χ1v) is 3.71. The number of ether oxygens (including phenoxy) is 1. The summed E-state index contributed by atoms with van der Waals surface area (Å²) >= 11 is 0. The minimum Gasteiger partial charge on any atom is -0.450 e.